The Bertz CT molecular complexity index is 880. The lowest BCUT2D eigenvalue weighted by Crippen LogP contribution is -2.34. The molecule has 0 N–H and O–H groups in total. The number of benzene rings is 1. The molecule has 0 bridgehead atoms. The maximum Gasteiger partial charge on any atom is 0.416 e. The summed E-state index contributed by atoms with van der Waals surface area (Å²) in [6.45, 7) is 4.90. The molecule has 0 saturated carbocycles. The summed E-state index contributed by atoms with van der Waals surface area (Å²) in [6, 6.07) is 3.05. The quantitative estimate of drug-likeness (QED) is 0.795. The highest BCUT2D eigenvalue weighted by atomic mass is 19.4. The van der Waals surface area contributed by atoms with E-state index in [1.54, 1.807) is 13.8 Å². The Balaban J connectivity index is 2.61. The Morgan fingerprint density at radius 1 is 1.32 bits per heavy atom. The Kier molecular flexibility index (Phi) is 5.16. The van der Waals surface area contributed by atoms with Crippen LogP contribution in [0.15, 0.2) is 23.0 Å². The molecule has 1 aromatic carbocycles. The standard InChI is InChI=1S/C17H16F3N3O2/c1-5-8-25-23-15(10(2)3)22-21-14(16(23)24)13-7-6-12(9-11(13)4)17(18,19)20/h1,6-7,9-10H,8H2,2-4H3. The Morgan fingerprint density at radius 3 is 2.52 bits per heavy atom. The number of hydrogen-bond donors (Lipinski definition) is 0. The molecule has 1 heterocycles. The number of rotatable bonds is 4. The minimum Gasteiger partial charge on any atom is -0.396 e. The summed E-state index contributed by atoms with van der Waals surface area (Å²) < 4.78 is 39.3. The van der Waals surface area contributed by atoms with Gasteiger partial charge >= 0.3 is 11.7 Å². The summed E-state index contributed by atoms with van der Waals surface area (Å²) in [4.78, 5) is 17.9. The fourth-order valence-corrected chi connectivity index (χ4v) is 2.24. The number of halogens is 3. The predicted octanol–water partition coefficient (Wildman–Crippen LogP) is 2.82. The summed E-state index contributed by atoms with van der Waals surface area (Å²) in [5.41, 5.74) is -1.03. The van der Waals surface area contributed by atoms with Crippen molar-refractivity contribution in [2.45, 2.75) is 32.9 Å². The first-order chi connectivity index (χ1) is 11.7. The van der Waals surface area contributed by atoms with Crippen LogP contribution in [0, 0.1) is 19.3 Å². The predicted molar refractivity (Wildman–Crippen MR) is 85.8 cm³/mol. The SMILES string of the molecule is C#CCOn1c(C(C)C)nnc(-c2ccc(C(F)(F)F)cc2C)c1=O. The minimum absolute atomic E-state index is 0.104. The van der Waals surface area contributed by atoms with Crippen LogP contribution < -0.4 is 10.4 Å². The van der Waals surface area contributed by atoms with Gasteiger partial charge in [0.2, 0.25) is 0 Å². The van der Waals surface area contributed by atoms with Gasteiger partial charge in [0.1, 0.15) is 0 Å². The van der Waals surface area contributed by atoms with Crippen molar-refractivity contribution >= 4 is 0 Å². The van der Waals surface area contributed by atoms with Gasteiger partial charge in [-0.25, -0.2) is 0 Å². The molecule has 0 amide bonds. The van der Waals surface area contributed by atoms with E-state index in [4.69, 9.17) is 11.3 Å². The highest BCUT2D eigenvalue weighted by Crippen LogP contribution is 2.32. The largest absolute Gasteiger partial charge is 0.416 e. The van der Waals surface area contributed by atoms with Crippen molar-refractivity contribution in [1.82, 2.24) is 14.9 Å². The Hall–Kier alpha value is -2.82. The molecule has 0 spiro atoms. The van der Waals surface area contributed by atoms with Crippen LogP contribution >= 0.6 is 0 Å². The smallest absolute Gasteiger partial charge is 0.396 e. The first kappa shape index (κ1) is 18.5. The summed E-state index contributed by atoms with van der Waals surface area (Å²) in [6.07, 6.45) is 0.685. The highest BCUT2D eigenvalue weighted by Gasteiger charge is 2.31. The highest BCUT2D eigenvalue weighted by molar-refractivity contribution is 5.63. The number of aromatic nitrogens is 3. The van der Waals surface area contributed by atoms with Crippen molar-refractivity contribution < 1.29 is 18.0 Å². The van der Waals surface area contributed by atoms with Crippen molar-refractivity contribution in [2.75, 3.05) is 6.61 Å². The lowest BCUT2D eigenvalue weighted by Gasteiger charge is -2.15. The molecule has 8 heteroatoms. The number of alkyl halides is 3. The van der Waals surface area contributed by atoms with E-state index in [-0.39, 0.29) is 35.2 Å². The second-order valence-electron chi connectivity index (χ2n) is 5.67. The fourth-order valence-electron chi connectivity index (χ4n) is 2.24. The van der Waals surface area contributed by atoms with E-state index in [1.807, 2.05) is 0 Å². The van der Waals surface area contributed by atoms with Gasteiger partial charge in [0, 0.05) is 11.5 Å². The van der Waals surface area contributed by atoms with Gasteiger partial charge in [-0.05, 0) is 24.6 Å². The topological polar surface area (TPSA) is 57.0 Å². The van der Waals surface area contributed by atoms with E-state index < -0.39 is 17.3 Å². The molecule has 0 aliphatic carbocycles. The normalized spacial score (nSPS) is 11.4. The molecular weight excluding hydrogens is 335 g/mol. The second kappa shape index (κ2) is 6.97. The average Bonchev–Trinajstić information content (AvgIpc) is 2.52. The van der Waals surface area contributed by atoms with Crippen LogP contribution in [-0.2, 0) is 6.18 Å². The molecule has 0 aliphatic rings. The van der Waals surface area contributed by atoms with E-state index in [9.17, 15) is 18.0 Å². The lowest BCUT2D eigenvalue weighted by molar-refractivity contribution is -0.137. The van der Waals surface area contributed by atoms with E-state index >= 15 is 0 Å². The molecule has 132 valence electrons. The summed E-state index contributed by atoms with van der Waals surface area (Å²) in [7, 11) is 0. The number of nitrogens with zero attached hydrogens (tertiary/aromatic N) is 3. The van der Waals surface area contributed by atoms with Crippen molar-refractivity contribution in [3.8, 4) is 23.6 Å². The zero-order valence-electron chi connectivity index (χ0n) is 13.9. The van der Waals surface area contributed by atoms with Gasteiger partial charge in [0.25, 0.3) is 0 Å². The third kappa shape index (κ3) is 3.82. The van der Waals surface area contributed by atoms with Crippen LogP contribution in [0.1, 0.15) is 36.7 Å². The molecule has 2 rings (SSSR count). The summed E-state index contributed by atoms with van der Waals surface area (Å²) in [5.74, 6) is 2.35. The minimum atomic E-state index is -4.47. The van der Waals surface area contributed by atoms with Crippen molar-refractivity contribution in [1.29, 1.82) is 0 Å². The first-order valence-corrected chi connectivity index (χ1v) is 7.41. The van der Waals surface area contributed by atoms with Crippen LogP contribution in [-0.4, -0.2) is 21.5 Å². The molecule has 0 radical (unpaired) electrons. The number of hydrogen-bond acceptors (Lipinski definition) is 4. The van der Waals surface area contributed by atoms with Crippen LogP contribution in [0.5, 0.6) is 0 Å². The van der Waals surface area contributed by atoms with Crippen LogP contribution in [0.2, 0.25) is 0 Å². The van der Waals surface area contributed by atoms with E-state index in [0.29, 0.717) is 0 Å². The van der Waals surface area contributed by atoms with Crippen LogP contribution in [0.4, 0.5) is 13.2 Å². The van der Waals surface area contributed by atoms with Gasteiger partial charge < -0.3 is 4.84 Å². The van der Waals surface area contributed by atoms with Crippen LogP contribution in [0.25, 0.3) is 11.3 Å². The molecule has 5 nitrogen and oxygen atoms in total. The molecule has 25 heavy (non-hydrogen) atoms. The monoisotopic (exact) mass is 351 g/mol. The molecule has 2 aromatic rings. The van der Waals surface area contributed by atoms with Crippen molar-refractivity contribution in [3.63, 3.8) is 0 Å². The van der Waals surface area contributed by atoms with E-state index in [2.05, 4.69) is 16.1 Å². The van der Waals surface area contributed by atoms with Gasteiger partial charge in [-0.15, -0.1) is 21.4 Å². The lowest BCUT2D eigenvalue weighted by atomic mass is 10.0. The Labute approximate surface area is 142 Å². The third-order valence-electron chi connectivity index (χ3n) is 3.45. The van der Waals surface area contributed by atoms with Gasteiger partial charge in [-0.3, -0.25) is 4.79 Å². The average molecular weight is 351 g/mol. The van der Waals surface area contributed by atoms with E-state index in [1.165, 1.54) is 13.0 Å². The summed E-state index contributed by atoms with van der Waals surface area (Å²) >= 11 is 0. The fraction of sp³-hybridized carbons (Fsp3) is 0.353. The molecule has 0 unspecified atom stereocenters. The molecule has 0 aliphatic heterocycles. The van der Waals surface area contributed by atoms with Gasteiger partial charge in [-0.2, -0.15) is 13.2 Å². The van der Waals surface area contributed by atoms with Crippen LogP contribution in [0.3, 0.4) is 0 Å². The molecular formula is C17H16F3N3O2. The molecule has 1 aromatic heterocycles. The molecule has 0 saturated heterocycles. The maximum absolute atomic E-state index is 12.8. The maximum atomic E-state index is 12.8. The summed E-state index contributed by atoms with van der Waals surface area (Å²) in [5, 5.41) is 7.87. The zero-order valence-corrected chi connectivity index (χ0v) is 13.9. The van der Waals surface area contributed by atoms with E-state index in [0.717, 1.165) is 16.9 Å². The van der Waals surface area contributed by atoms with Gasteiger partial charge in [0.15, 0.2) is 18.1 Å². The first-order valence-electron chi connectivity index (χ1n) is 7.41. The second-order valence-corrected chi connectivity index (χ2v) is 5.67. The Morgan fingerprint density at radius 2 is 2.00 bits per heavy atom. The van der Waals surface area contributed by atoms with Gasteiger partial charge in [0.05, 0.1) is 5.56 Å². The number of terminal acetylenes is 1. The third-order valence-corrected chi connectivity index (χ3v) is 3.45. The van der Waals surface area contributed by atoms with Crippen molar-refractivity contribution in [3.05, 3.63) is 45.5 Å². The van der Waals surface area contributed by atoms with Gasteiger partial charge in [-0.1, -0.05) is 25.8 Å². The molecule has 0 fully saturated rings. The molecule has 0 atom stereocenters. The van der Waals surface area contributed by atoms with Crippen molar-refractivity contribution in [2.24, 2.45) is 0 Å². The zero-order chi connectivity index (χ0) is 18.8. The number of aryl methyl sites for hydroxylation is 1.